The molecule has 1 saturated carbocycles. The summed E-state index contributed by atoms with van der Waals surface area (Å²) in [5.41, 5.74) is -0.355. The second kappa shape index (κ2) is 8.83. The third-order valence-electron chi connectivity index (χ3n) is 6.13. The van der Waals surface area contributed by atoms with Crippen molar-refractivity contribution in [3.63, 3.8) is 0 Å². The monoisotopic (exact) mass is 475 g/mol. The molecule has 0 amide bonds. The Morgan fingerprint density at radius 2 is 1.80 bits per heavy atom. The maximum Gasteiger partial charge on any atom is 0.338 e. The molecule has 0 atom stereocenters. The van der Waals surface area contributed by atoms with Gasteiger partial charge in [-0.05, 0) is 37.1 Å². The summed E-state index contributed by atoms with van der Waals surface area (Å²) in [5.74, 6) is -0.785. The lowest BCUT2D eigenvalue weighted by Crippen LogP contribution is -2.41. The molecule has 1 aliphatic carbocycles. The summed E-state index contributed by atoms with van der Waals surface area (Å²) in [6.07, 6.45) is 1.78. The van der Waals surface area contributed by atoms with Gasteiger partial charge in [0.25, 0.3) is 5.56 Å². The summed E-state index contributed by atoms with van der Waals surface area (Å²) in [6.45, 7) is -0.333. The topological polar surface area (TPSA) is 92.4 Å². The number of halogens is 1. The molecule has 1 aliphatic rings. The molecule has 2 aromatic heterocycles. The van der Waals surface area contributed by atoms with Gasteiger partial charge in [-0.25, -0.2) is 23.5 Å². The highest BCUT2D eigenvalue weighted by molar-refractivity contribution is 6.02. The van der Waals surface area contributed by atoms with Gasteiger partial charge in [-0.1, -0.05) is 30.3 Å². The number of nitrogens with zero attached hydrogens (tertiary/aromatic N) is 3. The molecule has 0 N–H and O–H groups in total. The minimum atomic E-state index is -0.755. The van der Waals surface area contributed by atoms with Crippen LogP contribution in [0.25, 0.3) is 16.7 Å². The van der Waals surface area contributed by atoms with Gasteiger partial charge in [-0.15, -0.1) is 0 Å². The number of rotatable bonds is 6. The maximum absolute atomic E-state index is 14.5. The number of methoxy groups -OCH3 is 2. The van der Waals surface area contributed by atoms with Crippen molar-refractivity contribution in [3.8, 4) is 11.4 Å². The third-order valence-corrected chi connectivity index (χ3v) is 6.13. The average molecular weight is 475 g/mol. The molecule has 35 heavy (non-hydrogen) atoms. The van der Waals surface area contributed by atoms with Gasteiger partial charge in [0, 0.05) is 17.2 Å². The fourth-order valence-electron chi connectivity index (χ4n) is 4.18. The molecule has 0 saturated heterocycles. The molecule has 4 aromatic rings. The molecule has 2 heterocycles. The van der Waals surface area contributed by atoms with E-state index in [2.05, 4.69) is 4.98 Å². The van der Waals surface area contributed by atoms with Crippen molar-refractivity contribution >= 4 is 17.0 Å². The highest BCUT2D eigenvalue weighted by Crippen LogP contribution is 2.40. The van der Waals surface area contributed by atoms with Crippen LogP contribution in [0.15, 0.2) is 64.2 Å². The number of para-hydroxylation sites is 2. The van der Waals surface area contributed by atoms with Crippen LogP contribution in [0.5, 0.6) is 5.75 Å². The lowest BCUT2D eigenvalue weighted by Gasteiger charge is -2.18. The van der Waals surface area contributed by atoms with Crippen LogP contribution in [-0.2, 0) is 11.3 Å². The molecular weight excluding hydrogens is 453 g/mol. The summed E-state index contributed by atoms with van der Waals surface area (Å²) >= 11 is 0. The lowest BCUT2D eigenvalue weighted by molar-refractivity contribution is 0.0602. The number of aromatic nitrogens is 3. The Labute approximate surface area is 199 Å². The predicted molar refractivity (Wildman–Crippen MR) is 127 cm³/mol. The summed E-state index contributed by atoms with van der Waals surface area (Å²) < 4.78 is 27.1. The Kier molecular flexibility index (Phi) is 5.68. The Hall–Kier alpha value is -4.27. The van der Waals surface area contributed by atoms with Crippen LogP contribution < -0.4 is 16.0 Å². The van der Waals surface area contributed by atoms with E-state index in [1.807, 2.05) is 0 Å². The van der Waals surface area contributed by atoms with Gasteiger partial charge in [0.1, 0.15) is 11.6 Å². The number of esters is 1. The Morgan fingerprint density at radius 1 is 1.09 bits per heavy atom. The van der Waals surface area contributed by atoms with Gasteiger partial charge in [0.2, 0.25) is 0 Å². The van der Waals surface area contributed by atoms with E-state index in [1.54, 1.807) is 36.4 Å². The van der Waals surface area contributed by atoms with Crippen LogP contribution in [0.1, 0.15) is 40.4 Å². The van der Waals surface area contributed by atoms with E-state index in [1.165, 1.54) is 37.0 Å². The smallest absolute Gasteiger partial charge is 0.338 e. The highest BCUT2D eigenvalue weighted by Gasteiger charge is 2.30. The van der Waals surface area contributed by atoms with Gasteiger partial charge < -0.3 is 9.47 Å². The molecule has 0 spiro atoms. The SMILES string of the molecule is COC(=O)c1cc(C2CC2)nc2c1c(=O)n(Cc1ccccc1F)c(=O)n2-c1ccccc1OC. The van der Waals surface area contributed by atoms with Crippen molar-refractivity contribution in [2.75, 3.05) is 14.2 Å². The normalized spacial score (nSPS) is 13.1. The fraction of sp³-hybridized carbons (Fsp3) is 0.231. The molecule has 2 aromatic carbocycles. The largest absolute Gasteiger partial charge is 0.495 e. The van der Waals surface area contributed by atoms with E-state index in [0.29, 0.717) is 17.1 Å². The molecule has 9 heteroatoms. The minimum absolute atomic E-state index is 0.00957. The molecule has 1 fully saturated rings. The number of hydrogen-bond acceptors (Lipinski definition) is 6. The molecule has 8 nitrogen and oxygen atoms in total. The van der Waals surface area contributed by atoms with Crippen LogP contribution in [0.3, 0.4) is 0 Å². The Bertz CT molecular complexity index is 1590. The van der Waals surface area contributed by atoms with Gasteiger partial charge in [-0.2, -0.15) is 0 Å². The van der Waals surface area contributed by atoms with E-state index >= 15 is 0 Å². The van der Waals surface area contributed by atoms with Gasteiger partial charge >= 0.3 is 11.7 Å². The fourth-order valence-corrected chi connectivity index (χ4v) is 4.18. The predicted octanol–water partition coefficient (Wildman–Crippen LogP) is 3.41. The first-order valence-corrected chi connectivity index (χ1v) is 11.1. The second-order valence-electron chi connectivity index (χ2n) is 8.33. The summed E-state index contributed by atoms with van der Waals surface area (Å²) in [4.78, 5) is 45.0. The van der Waals surface area contributed by atoms with Gasteiger partial charge in [0.15, 0.2) is 5.65 Å². The van der Waals surface area contributed by atoms with E-state index < -0.39 is 23.0 Å². The van der Waals surface area contributed by atoms with Crippen LogP contribution in [0.2, 0.25) is 0 Å². The number of hydrogen-bond donors (Lipinski definition) is 0. The third kappa shape index (κ3) is 3.88. The zero-order valence-electron chi connectivity index (χ0n) is 19.2. The van der Waals surface area contributed by atoms with Gasteiger partial charge in [-0.3, -0.25) is 9.36 Å². The van der Waals surface area contributed by atoms with Gasteiger partial charge in [0.05, 0.1) is 37.4 Å². The number of pyridine rings is 1. The standard InChI is InChI=1S/C26H22FN3O5/c1-34-21-10-6-5-9-20(21)30-23-22(17(25(32)35-2)13-19(28-23)15-11-12-15)24(31)29(26(30)33)14-16-7-3-4-8-18(16)27/h3-10,13,15H,11-12,14H2,1-2H3. The van der Waals surface area contributed by atoms with Crippen LogP contribution >= 0.6 is 0 Å². The number of carbonyl (C=O) groups is 1. The first-order valence-electron chi connectivity index (χ1n) is 11.1. The number of benzene rings is 2. The maximum atomic E-state index is 14.5. The summed E-state index contributed by atoms with van der Waals surface area (Å²) in [7, 11) is 2.68. The Balaban J connectivity index is 1.93. The van der Waals surface area contributed by atoms with Crippen molar-refractivity contribution < 1.29 is 18.7 Å². The molecular formula is C26H22FN3O5. The van der Waals surface area contributed by atoms with E-state index in [0.717, 1.165) is 17.4 Å². The van der Waals surface area contributed by atoms with E-state index in [-0.39, 0.29) is 34.6 Å². The highest BCUT2D eigenvalue weighted by atomic mass is 19.1. The van der Waals surface area contributed by atoms with E-state index in [9.17, 15) is 18.8 Å². The second-order valence-corrected chi connectivity index (χ2v) is 8.33. The number of fused-ring (bicyclic) bond motifs is 1. The number of carbonyl (C=O) groups excluding carboxylic acids is 1. The van der Waals surface area contributed by atoms with Crippen molar-refractivity contribution in [3.05, 3.63) is 98.1 Å². The number of ether oxygens (including phenoxy) is 2. The van der Waals surface area contributed by atoms with Crippen molar-refractivity contribution in [1.29, 1.82) is 0 Å². The quantitative estimate of drug-likeness (QED) is 0.397. The zero-order valence-corrected chi connectivity index (χ0v) is 19.2. The van der Waals surface area contributed by atoms with Crippen molar-refractivity contribution in [2.24, 2.45) is 0 Å². The first-order chi connectivity index (χ1) is 16.9. The minimum Gasteiger partial charge on any atom is -0.495 e. The average Bonchev–Trinajstić information content (AvgIpc) is 3.72. The van der Waals surface area contributed by atoms with Crippen molar-refractivity contribution in [1.82, 2.24) is 14.1 Å². The van der Waals surface area contributed by atoms with Crippen molar-refractivity contribution in [2.45, 2.75) is 25.3 Å². The van der Waals surface area contributed by atoms with Crippen LogP contribution in [0.4, 0.5) is 4.39 Å². The zero-order chi connectivity index (χ0) is 24.7. The van der Waals surface area contributed by atoms with E-state index in [4.69, 9.17) is 9.47 Å². The summed E-state index contributed by atoms with van der Waals surface area (Å²) in [5, 5.41) is -0.0805. The van der Waals surface area contributed by atoms with Crippen LogP contribution in [0, 0.1) is 5.82 Å². The molecule has 5 rings (SSSR count). The first kappa shape index (κ1) is 22.5. The summed E-state index contributed by atoms with van der Waals surface area (Å²) in [6, 6.07) is 14.2. The lowest BCUT2D eigenvalue weighted by atomic mass is 10.1. The molecule has 0 aliphatic heterocycles. The Morgan fingerprint density at radius 3 is 2.49 bits per heavy atom. The molecule has 0 radical (unpaired) electrons. The molecule has 178 valence electrons. The van der Waals surface area contributed by atoms with Crippen LogP contribution in [-0.4, -0.2) is 34.3 Å². The molecule has 0 bridgehead atoms. The molecule has 0 unspecified atom stereocenters.